The van der Waals surface area contributed by atoms with Gasteiger partial charge in [0.25, 0.3) is 0 Å². The van der Waals surface area contributed by atoms with Gasteiger partial charge in [0.1, 0.15) is 0 Å². The minimum absolute atomic E-state index is 0.412. The van der Waals surface area contributed by atoms with Gasteiger partial charge in [-0.05, 0) is 47.4 Å². The van der Waals surface area contributed by atoms with Crippen molar-refractivity contribution in [1.29, 1.82) is 0 Å². The largest absolute Gasteiger partial charge is 0.330 e. The molecule has 0 radical (unpaired) electrons. The third-order valence-electron chi connectivity index (χ3n) is 3.55. The number of aromatic nitrogens is 4. The van der Waals surface area contributed by atoms with Gasteiger partial charge in [-0.15, -0.1) is 5.10 Å². The summed E-state index contributed by atoms with van der Waals surface area (Å²) in [6.07, 6.45) is 3.00. The Morgan fingerprint density at radius 1 is 1.22 bits per heavy atom. The first-order valence-electron chi connectivity index (χ1n) is 6.41. The number of nitrogens with two attached hydrogens (primary N) is 1. The fourth-order valence-electron chi connectivity index (χ4n) is 2.65. The standard InChI is InChI=1S/C13H17N5/c14-6-3-7-18-13(15-16-17-18)12-8-10-4-1-2-5-11(10)9-12/h1-2,4-5,12H,3,6-9,14H2. The second-order valence-corrected chi connectivity index (χ2v) is 4.78. The average molecular weight is 243 g/mol. The summed E-state index contributed by atoms with van der Waals surface area (Å²) < 4.78 is 1.91. The Hall–Kier alpha value is -1.75. The highest BCUT2D eigenvalue weighted by Crippen LogP contribution is 2.32. The van der Waals surface area contributed by atoms with E-state index in [2.05, 4.69) is 39.8 Å². The molecule has 1 heterocycles. The van der Waals surface area contributed by atoms with Crippen LogP contribution in [-0.4, -0.2) is 26.8 Å². The van der Waals surface area contributed by atoms with Crippen molar-refractivity contribution in [3.63, 3.8) is 0 Å². The number of nitrogens with zero attached hydrogens (tertiary/aromatic N) is 4. The monoisotopic (exact) mass is 243 g/mol. The molecule has 2 aromatic rings. The number of hydrogen-bond acceptors (Lipinski definition) is 4. The molecule has 2 N–H and O–H groups in total. The summed E-state index contributed by atoms with van der Waals surface area (Å²) in [5.74, 6) is 1.41. The van der Waals surface area contributed by atoms with E-state index in [0.29, 0.717) is 12.5 Å². The third-order valence-corrected chi connectivity index (χ3v) is 3.55. The summed E-state index contributed by atoms with van der Waals surface area (Å²) in [6, 6.07) is 8.59. The van der Waals surface area contributed by atoms with Crippen molar-refractivity contribution in [2.24, 2.45) is 5.73 Å². The van der Waals surface area contributed by atoms with Gasteiger partial charge >= 0.3 is 0 Å². The molecule has 0 amide bonds. The van der Waals surface area contributed by atoms with Crippen LogP contribution in [0.3, 0.4) is 0 Å². The first kappa shape index (κ1) is 11.3. The van der Waals surface area contributed by atoms with E-state index in [1.165, 1.54) is 11.1 Å². The van der Waals surface area contributed by atoms with Crippen LogP contribution in [0.1, 0.15) is 29.3 Å². The normalized spacial score (nSPS) is 14.9. The number of aryl methyl sites for hydroxylation is 1. The molecule has 3 rings (SSSR count). The molecule has 5 heteroatoms. The minimum atomic E-state index is 0.412. The molecule has 0 saturated carbocycles. The molecule has 0 atom stereocenters. The van der Waals surface area contributed by atoms with Crippen LogP contribution in [0.25, 0.3) is 0 Å². The Balaban J connectivity index is 1.80. The van der Waals surface area contributed by atoms with Crippen LogP contribution in [-0.2, 0) is 19.4 Å². The van der Waals surface area contributed by atoms with E-state index in [1.54, 1.807) is 0 Å². The molecule has 5 nitrogen and oxygen atoms in total. The number of benzene rings is 1. The van der Waals surface area contributed by atoms with Crippen molar-refractivity contribution in [3.8, 4) is 0 Å². The fraction of sp³-hybridized carbons (Fsp3) is 0.462. The molecule has 0 bridgehead atoms. The molecule has 0 spiro atoms. The quantitative estimate of drug-likeness (QED) is 0.866. The molecule has 0 aliphatic heterocycles. The number of hydrogen-bond donors (Lipinski definition) is 1. The predicted octanol–water partition coefficient (Wildman–Crippen LogP) is 0.904. The second kappa shape index (κ2) is 4.86. The van der Waals surface area contributed by atoms with Crippen molar-refractivity contribution >= 4 is 0 Å². The molecule has 0 unspecified atom stereocenters. The Morgan fingerprint density at radius 2 is 1.94 bits per heavy atom. The maximum Gasteiger partial charge on any atom is 0.154 e. The van der Waals surface area contributed by atoms with E-state index < -0.39 is 0 Å². The van der Waals surface area contributed by atoms with Crippen LogP contribution in [0, 0.1) is 0 Å². The van der Waals surface area contributed by atoms with Gasteiger partial charge in [-0.2, -0.15) is 0 Å². The molecule has 0 fully saturated rings. The summed E-state index contributed by atoms with van der Waals surface area (Å²) in [4.78, 5) is 0. The van der Waals surface area contributed by atoms with E-state index in [-0.39, 0.29) is 0 Å². The highest BCUT2D eigenvalue weighted by molar-refractivity contribution is 5.34. The van der Waals surface area contributed by atoms with E-state index in [4.69, 9.17) is 5.73 Å². The first-order chi connectivity index (χ1) is 8.88. The maximum atomic E-state index is 5.54. The molecule has 1 aliphatic rings. The SMILES string of the molecule is NCCCn1nnnc1C1Cc2ccccc2C1. The van der Waals surface area contributed by atoms with Gasteiger partial charge in [0.2, 0.25) is 0 Å². The highest BCUT2D eigenvalue weighted by Gasteiger charge is 2.26. The van der Waals surface area contributed by atoms with Gasteiger partial charge < -0.3 is 5.73 Å². The second-order valence-electron chi connectivity index (χ2n) is 4.78. The molecular weight excluding hydrogens is 226 g/mol. The van der Waals surface area contributed by atoms with Gasteiger partial charge in [-0.25, -0.2) is 4.68 Å². The van der Waals surface area contributed by atoms with Gasteiger partial charge in [0.15, 0.2) is 5.82 Å². The molecule has 18 heavy (non-hydrogen) atoms. The third kappa shape index (κ3) is 2.01. The highest BCUT2D eigenvalue weighted by atomic mass is 15.5. The summed E-state index contributed by atoms with van der Waals surface area (Å²) in [6.45, 7) is 1.48. The van der Waals surface area contributed by atoms with Crippen LogP contribution in [0.15, 0.2) is 24.3 Å². The average Bonchev–Trinajstić information content (AvgIpc) is 3.01. The Labute approximate surface area is 106 Å². The van der Waals surface area contributed by atoms with Crippen molar-refractivity contribution in [2.45, 2.75) is 31.7 Å². The van der Waals surface area contributed by atoms with Crippen LogP contribution < -0.4 is 5.73 Å². The van der Waals surface area contributed by atoms with Crippen molar-refractivity contribution in [3.05, 3.63) is 41.2 Å². The summed E-state index contributed by atoms with van der Waals surface area (Å²) in [5.41, 5.74) is 8.39. The van der Waals surface area contributed by atoms with Crippen LogP contribution in [0.2, 0.25) is 0 Å². The summed E-state index contributed by atoms with van der Waals surface area (Å²) >= 11 is 0. The number of fused-ring (bicyclic) bond motifs is 1. The Morgan fingerprint density at radius 3 is 2.61 bits per heavy atom. The van der Waals surface area contributed by atoms with Gasteiger partial charge in [-0.3, -0.25) is 0 Å². The van der Waals surface area contributed by atoms with Crippen LogP contribution in [0.5, 0.6) is 0 Å². The van der Waals surface area contributed by atoms with Crippen molar-refractivity contribution in [2.75, 3.05) is 6.54 Å². The predicted molar refractivity (Wildman–Crippen MR) is 68.1 cm³/mol. The summed E-state index contributed by atoms with van der Waals surface area (Å²) in [5, 5.41) is 12.1. The number of tetrazole rings is 1. The van der Waals surface area contributed by atoms with Gasteiger partial charge in [-0.1, -0.05) is 24.3 Å². The van der Waals surface area contributed by atoms with E-state index >= 15 is 0 Å². The fourth-order valence-corrected chi connectivity index (χ4v) is 2.65. The molecule has 0 saturated heterocycles. The van der Waals surface area contributed by atoms with Crippen molar-refractivity contribution < 1.29 is 0 Å². The molecular formula is C13H17N5. The topological polar surface area (TPSA) is 69.6 Å². The van der Waals surface area contributed by atoms with Gasteiger partial charge in [0, 0.05) is 12.5 Å². The van der Waals surface area contributed by atoms with Crippen molar-refractivity contribution in [1.82, 2.24) is 20.2 Å². The lowest BCUT2D eigenvalue weighted by Crippen LogP contribution is -2.13. The molecule has 1 aliphatic carbocycles. The summed E-state index contributed by atoms with van der Waals surface area (Å²) in [7, 11) is 0. The zero-order chi connectivity index (χ0) is 12.4. The van der Waals surface area contributed by atoms with E-state index in [1.807, 2.05) is 4.68 Å². The lowest BCUT2D eigenvalue weighted by atomic mass is 10.1. The smallest absolute Gasteiger partial charge is 0.154 e. The zero-order valence-corrected chi connectivity index (χ0v) is 10.3. The van der Waals surface area contributed by atoms with E-state index in [0.717, 1.165) is 31.6 Å². The minimum Gasteiger partial charge on any atom is -0.330 e. The zero-order valence-electron chi connectivity index (χ0n) is 10.3. The van der Waals surface area contributed by atoms with Gasteiger partial charge in [0.05, 0.1) is 0 Å². The Kier molecular flexibility index (Phi) is 3.06. The molecule has 1 aromatic carbocycles. The van der Waals surface area contributed by atoms with Crippen LogP contribution in [0.4, 0.5) is 0 Å². The Bertz CT molecular complexity index is 509. The first-order valence-corrected chi connectivity index (χ1v) is 6.41. The maximum absolute atomic E-state index is 5.54. The lowest BCUT2D eigenvalue weighted by molar-refractivity contribution is 0.516. The number of rotatable bonds is 4. The van der Waals surface area contributed by atoms with Crippen LogP contribution >= 0.6 is 0 Å². The lowest BCUT2D eigenvalue weighted by Gasteiger charge is -2.08. The van der Waals surface area contributed by atoms with E-state index in [9.17, 15) is 0 Å². The molecule has 1 aromatic heterocycles. The molecule has 94 valence electrons.